The highest BCUT2D eigenvalue weighted by atomic mass is 19.3. The van der Waals surface area contributed by atoms with E-state index in [9.17, 15) is 33.1 Å². The second-order valence-corrected chi connectivity index (χ2v) is 2.65. The summed E-state index contributed by atoms with van der Waals surface area (Å²) in [6.45, 7) is 0. The van der Waals surface area contributed by atoms with E-state index < -0.39 is 36.4 Å². The van der Waals surface area contributed by atoms with Crippen LogP contribution in [0.15, 0.2) is 0 Å². The van der Waals surface area contributed by atoms with E-state index in [4.69, 9.17) is 0 Å². The van der Waals surface area contributed by atoms with E-state index in [-0.39, 0.29) is 0 Å². The van der Waals surface area contributed by atoms with Gasteiger partial charge >= 0.3 is 17.9 Å². The molecular formula is C6H5F3O7. The highest BCUT2D eigenvalue weighted by Gasteiger charge is 2.45. The molecule has 7 nitrogen and oxygen atoms in total. The number of carbonyl (C=O) groups is 3. The molecule has 0 aliphatic heterocycles. The maximum absolute atomic E-state index is 11.5. The molecule has 0 heterocycles. The molecule has 0 aliphatic carbocycles. The van der Waals surface area contributed by atoms with Crippen molar-refractivity contribution in [2.75, 3.05) is 0 Å². The normalized spacial score (nSPS) is 10.5. The highest BCUT2D eigenvalue weighted by molar-refractivity contribution is 5.89. The minimum absolute atomic E-state index is 1.46. The van der Waals surface area contributed by atoms with Crippen molar-refractivity contribution in [1.29, 1.82) is 0 Å². The summed E-state index contributed by atoms with van der Waals surface area (Å²) in [4.78, 5) is 39.1. The van der Waals surface area contributed by atoms with Gasteiger partial charge in [0.25, 0.3) is 0 Å². The Kier molecular flexibility index (Phi) is 5.22. The zero-order valence-electron chi connectivity index (χ0n) is 7.44. The molecule has 0 rings (SSSR count). The van der Waals surface area contributed by atoms with Gasteiger partial charge < -0.3 is 5.11 Å². The van der Waals surface area contributed by atoms with Gasteiger partial charge in [-0.15, -0.1) is 0 Å². The Bertz CT molecular complexity index is 274. The molecule has 0 bridgehead atoms. The van der Waals surface area contributed by atoms with E-state index in [0.717, 1.165) is 0 Å². The van der Waals surface area contributed by atoms with Gasteiger partial charge in [-0.25, -0.2) is 14.4 Å². The third-order valence-electron chi connectivity index (χ3n) is 1.50. The Hall–Kier alpha value is -1.84. The van der Waals surface area contributed by atoms with E-state index in [1.807, 2.05) is 0 Å². The number of hydrogen-bond acceptors (Lipinski definition) is 7. The van der Waals surface area contributed by atoms with Crippen molar-refractivity contribution in [3.63, 3.8) is 0 Å². The van der Waals surface area contributed by atoms with Crippen LogP contribution in [0, 0.1) is 0 Å². The summed E-state index contributed by atoms with van der Waals surface area (Å²) in [5, 5.41) is 9.23. The van der Waals surface area contributed by atoms with Crippen LogP contribution in [0.2, 0.25) is 0 Å². The maximum Gasteiger partial charge on any atom is 0.381 e. The molecule has 0 amide bonds. The molecule has 16 heavy (non-hydrogen) atoms. The van der Waals surface area contributed by atoms with Crippen molar-refractivity contribution in [2.45, 2.75) is 18.4 Å². The van der Waals surface area contributed by atoms with Crippen LogP contribution in [0.3, 0.4) is 0 Å². The fourth-order valence-electron chi connectivity index (χ4n) is 0.811. The molecule has 92 valence electrons. The lowest BCUT2D eigenvalue weighted by Gasteiger charge is -2.19. The fourth-order valence-corrected chi connectivity index (χ4v) is 0.811. The molecule has 0 radical (unpaired) electrons. The van der Waals surface area contributed by atoms with Gasteiger partial charge in [0.1, 0.15) is 0 Å². The molecule has 0 unspecified atom stereocenters. The summed E-state index contributed by atoms with van der Waals surface area (Å²) in [5.41, 5.74) is -3.11. The molecular weight excluding hydrogens is 241 g/mol. The standard InChI is InChI=1S/C6H5F3O7/c7-14-3(10)1-6(13,5(12)16-9)2-4(11)15-8/h13H,1-2H2. The van der Waals surface area contributed by atoms with Crippen molar-refractivity contribution in [2.24, 2.45) is 0 Å². The van der Waals surface area contributed by atoms with E-state index in [1.165, 1.54) is 0 Å². The van der Waals surface area contributed by atoms with Crippen molar-refractivity contribution >= 4 is 17.9 Å². The third-order valence-corrected chi connectivity index (χ3v) is 1.50. The molecule has 0 saturated heterocycles. The van der Waals surface area contributed by atoms with Crippen LogP contribution in [0.25, 0.3) is 0 Å². The van der Waals surface area contributed by atoms with Crippen LogP contribution < -0.4 is 0 Å². The zero-order valence-corrected chi connectivity index (χ0v) is 7.44. The number of rotatable bonds is 5. The Labute approximate surface area is 85.4 Å². The summed E-state index contributed by atoms with van der Waals surface area (Å²) >= 11 is 0. The summed E-state index contributed by atoms with van der Waals surface area (Å²) < 4.78 is 34.1. The van der Waals surface area contributed by atoms with Gasteiger partial charge in [0.15, 0.2) is 5.60 Å². The van der Waals surface area contributed by atoms with E-state index >= 15 is 0 Å². The average Bonchev–Trinajstić information content (AvgIpc) is 2.27. The lowest BCUT2D eigenvalue weighted by atomic mass is 9.96. The van der Waals surface area contributed by atoms with Crippen molar-refractivity contribution < 1.29 is 47.9 Å². The number of hydrogen-bond donors (Lipinski definition) is 1. The van der Waals surface area contributed by atoms with Crippen LogP contribution in [0.1, 0.15) is 12.8 Å². The molecule has 0 aromatic heterocycles. The molecule has 0 aliphatic rings. The second-order valence-electron chi connectivity index (χ2n) is 2.65. The topological polar surface area (TPSA) is 99.1 Å². The second kappa shape index (κ2) is 5.90. The zero-order chi connectivity index (χ0) is 12.8. The van der Waals surface area contributed by atoms with Gasteiger partial charge in [-0.05, 0) is 0 Å². The first kappa shape index (κ1) is 14.2. The SMILES string of the molecule is O=C(CC(O)(CC(=O)OF)C(=O)OF)OF. The molecule has 0 saturated carbocycles. The summed E-state index contributed by atoms with van der Waals surface area (Å²) in [6, 6.07) is 0. The molecule has 1 N–H and O–H groups in total. The van der Waals surface area contributed by atoms with Crippen LogP contribution in [0.5, 0.6) is 0 Å². The molecule has 0 aromatic carbocycles. The van der Waals surface area contributed by atoms with Crippen LogP contribution in [-0.4, -0.2) is 28.6 Å². The first-order chi connectivity index (χ1) is 7.39. The smallest absolute Gasteiger partial charge is 0.377 e. The Balaban J connectivity index is 4.81. The molecule has 10 heteroatoms. The van der Waals surface area contributed by atoms with Gasteiger partial charge in [-0.1, -0.05) is 0 Å². The number of halogens is 3. The quantitative estimate of drug-likeness (QED) is 0.715. The minimum Gasteiger partial charge on any atom is -0.377 e. The van der Waals surface area contributed by atoms with E-state index in [2.05, 4.69) is 14.8 Å². The first-order valence-electron chi connectivity index (χ1n) is 3.58. The van der Waals surface area contributed by atoms with E-state index in [1.54, 1.807) is 0 Å². The lowest BCUT2D eigenvalue weighted by Crippen LogP contribution is -2.43. The van der Waals surface area contributed by atoms with Crippen molar-refractivity contribution in [3.05, 3.63) is 0 Å². The molecule has 0 spiro atoms. The maximum atomic E-state index is 11.5. The molecule has 0 atom stereocenters. The minimum atomic E-state index is -3.11. The Morgan fingerprint density at radius 2 is 1.31 bits per heavy atom. The predicted molar refractivity (Wildman–Crippen MR) is 35.8 cm³/mol. The van der Waals surface area contributed by atoms with E-state index in [0.29, 0.717) is 0 Å². The van der Waals surface area contributed by atoms with Gasteiger partial charge in [-0.2, -0.15) is 0 Å². The van der Waals surface area contributed by atoms with Crippen LogP contribution in [-0.2, 0) is 29.2 Å². The van der Waals surface area contributed by atoms with Crippen molar-refractivity contribution in [1.82, 2.24) is 0 Å². The number of carbonyl (C=O) groups excluding carboxylic acids is 3. The Morgan fingerprint density at radius 1 is 0.938 bits per heavy atom. The predicted octanol–water partition coefficient (Wildman–Crippen LogP) is -0.219. The highest BCUT2D eigenvalue weighted by Crippen LogP contribution is 2.20. The number of aliphatic hydroxyl groups is 1. The van der Waals surface area contributed by atoms with Gasteiger partial charge in [0.05, 0.1) is 12.8 Å². The average molecular weight is 246 g/mol. The lowest BCUT2D eigenvalue weighted by molar-refractivity contribution is -0.218. The van der Waals surface area contributed by atoms with Gasteiger partial charge in [0.2, 0.25) is 0 Å². The summed E-state index contributed by atoms with van der Waals surface area (Å²) in [5.74, 6) is -5.68. The fraction of sp³-hybridized carbons (Fsp3) is 0.500. The van der Waals surface area contributed by atoms with Gasteiger partial charge in [0, 0.05) is 13.6 Å². The summed E-state index contributed by atoms with van der Waals surface area (Å²) in [6.07, 6.45) is -2.91. The third kappa shape index (κ3) is 3.73. The largest absolute Gasteiger partial charge is 0.381 e. The Morgan fingerprint density at radius 3 is 1.56 bits per heavy atom. The first-order valence-corrected chi connectivity index (χ1v) is 3.58. The van der Waals surface area contributed by atoms with Crippen molar-refractivity contribution in [3.8, 4) is 0 Å². The van der Waals surface area contributed by atoms with Crippen LogP contribution >= 0.6 is 0 Å². The van der Waals surface area contributed by atoms with Crippen LogP contribution in [0.4, 0.5) is 13.6 Å². The molecule has 0 aromatic rings. The monoisotopic (exact) mass is 246 g/mol. The molecule has 0 fully saturated rings. The summed E-state index contributed by atoms with van der Waals surface area (Å²) in [7, 11) is 0. The van der Waals surface area contributed by atoms with Gasteiger partial charge in [-0.3, -0.25) is 14.8 Å².